The van der Waals surface area contributed by atoms with Gasteiger partial charge in [0.05, 0.1) is 6.61 Å². The van der Waals surface area contributed by atoms with Crippen molar-refractivity contribution in [3.05, 3.63) is 18.0 Å². The number of rotatable bonds is 5. The molecule has 0 radical (unpaired) electrons. The number of piperazine rings is 1. The summed E-state index contributed by atoms with van der Waals surface area (Å²) < 4.78 is 0. The minimum atomic E-state index is 0.231. The minimum absolute atomic E-state index is 0.231. The number of β-amino-alcohol motifs (C(OH)–C–C–N with tert-alkyl or cyclic N) is 1. The lowest BCUT2D eigenvalue weighted by Gasteiger charge is -2.34. The standard InChI is InChI=1S/C12H21N5O/c1-13-8-11-9-14-12(15-10-11)17-4-2-16(3-5-17)6-7-18/h9-10,13,18H,2-8H2,1H3. The summed E-state index contributed by atoms with van der Waals surface area (Å²) >= 11 is 0. The first kappa shape index (κ1) is 13.2. The van der Waals surface area contributed by atoms with E-state index in [4.69, 9.17) is 5.11 Å². The second kappa shape index (κ2) is 6.63. The average Bonchev–Trinajstić information content (AvgIpc) is 2.41. The van der Waals surface area contributed by atoms with Gasteiger partial charge in [-0.15, -0.1) is 0 Å². The first-order chi connectivity index (χ1) is 8.83. The third-order valence-corrected chi connectivity index (χ3v) is 3.14. The summed E-state index contributed by atoms with van der Waals surface area (Å²) in [6.45, 7) is 5.55. The molecule has 0 bridgehead atoms. The van der Waals surface area contributed by atoms with E-state index in [-0.39, 0.29) is 6.61 Å². The molecule has 100 valence electrons. The highest BCUT2D eigenvalue weighted by molar-refractivity contribution is 5.30. The van der Waals surface area contributed by atoms with Crippen molar-refractivity contribution in [3.63, 3.8) is 0 Å². The van der Waals surface area contributed by atoms with Gasteiger partial charge in [0, 0.05) is 57.2 Å². The fourth-order valence-corrected chi connectivity index (χ4v) is 2.12. The summed E-state index contributed by atoms with van der Waals surface area (Å²) in [6, 6.07) is 0. The molecule has 1 aliphatic heterocycles. The van der Waals surface area contributed by atoms with Crippen molar-refractivity contribution in [1.29, 1.82) is 0 Å². The molecule has 2 heterocycles. The third-order valence-electron chi connectivity index (χ3n) is 3.14. The van der Waals surface area contributed by atoms with E-state index < -0.39 is 0 Å². The molecule has 6 heteroatoms. The van der Waals surface area contributed by atoms with Crippen molar-refractivity contribution in [3.8, 4) is 0 Å². The molecule has 1 aromatic rings. The van der Waals surface area contributed by atoms with Crippen LogP contribution in [0.15, 0.2) is 12.4 Å². The topological polar surface area (TPSA) is 64.5 Å². The van der Waals surface area contributed by atoms with Gasteiger partial charge in [-0.25, -0.2) is 9.97 Å². The number of hydrogen-bond donors (Lipinski definition) is 2. The molecule has 0 amide bonds. The molecule has 0 saturated carbocycles. The zero-order chi connectivity index (χ0) is 12.8. The van der Waals surface area contributed by atoms with Crippen LogP contribution in [0.3, 0.4) is 0 Å². The molecule has 2 rings (SSSR count). The predicted molar refractivity (Wildman–Crippen MR) is 70.5 cm³/mol. The van der Waals surface area contributed by atoms with Crippen LogP contribution in [0, 0.1) is 0 Å². The Hall–Kier alpha value is -1.24. The van der Waals surface area contributed by atoms with Gasteiger partial charge in [-0.05, 0) is 7.05 Å². The zero-order valence-corrected chi connectivity index (χ0v) is 10.8. The van der Waals surface area contributed by atoms with Crippen LogP contribution < -0.4 is 10.2 Å². The lowest BCUT2D eigenvalue weighted by molar-refractivity contribution is 0.188. The summed E-state index contributed by atoms with van der Waals surface area (Å²) in [7, 11) is 1.91. The van der Waals surface area contributed by atoms with Gasteiger partial charge in [0.1, 0.15) is 0 Å². The summed E-state index contributed by atoms with van der Waals surface area (Å²) in [5.74, 6) is 0.804. The molecule has 6 nitrogen and oxygen atoms in total. The summed E-state index contributed by atoms with van der Waals surface area (Å²) in [6.07, 6.45) is 3.75. The molecule has 1 fully saturated rings. The van der Waals surface area contributed by atoms with Crippen LogP contribution in [0.5, 0.6) is 0 Å². The van der Waals surface area contributed by atoms with Gasteiger partial charge in [-0.2, -0.15) is 0 Å². The number of hydrogen-bond acceptors (Lipinski definition) is 6. The van der Waals surface area contributed by atoms with Crippen molar-refractivity contribution in [2.45, 2.75) is 6.54 Å². The molecular formula is C12H21N5O. The molecule has 0 spiro atoms. The zero-order valence-electron chi connectivity index (χ0n) is 10.8. The van der Waals surface area contributed by atoms with E-state index >= 15 is 0 Å². The van der Waals surface area contributed by atoms with Crippen LogP contribution in [0.1, 0.15) is 5.56 Å². The number of nitrogens with zero attached hydrogens (tertiary/aromatic N) is 4. The molecular weight excluding hydrogens is 230 g/mol. The van der Waals surface area contributed by atoms with Gasteiger partial charge < -0.3 is 15.3 Å². The number of nitrogens with one attached hydrogen (secondary N) is 1. The smallest absolute Gasteiger partial charge is 0.225 e. The van der Waals surface area contributed by atoms with E-state index in [0.29, 0.717) is 0 Å². The predicted octanol–water partition coefficient (Wildman–Crippen LogP) is -0.690. The highest BCUT2D eigenvalue weighted by atomic mass is 16.3. The molecule has 0 aromatic carbocycles. The monoisotopic (exact) mass is 251 g/mol. The first-order valence-electron chi connectivity index (χ1n) is 6.37. The van der Waals surface area contributed by atoms with Gasteiger partial charge in [-0.3, -0.25) is 4.90 Å². The van der Waals surface area contributed by atoms with E-state index in [9.17, 15) is 0 Å². The van der Waals surface area contributed by atoms with Gasteiger partial charge >= 0.3 is 0 Å². The molecule has 2 N–H and O–H groups in total. The van der Waals surface area contributed by atoms with Crippen LogP contribution in [0.4, 0.5) is 5.95 Å². The Bertz CT molecular complexity index is 348. The van der Waals surface area contributed by atoms with E-state index in [1.54, 1.807) is 0 Å². The Kier molecular flexibility index (Phi) is 4.86. The maximum absolute atomic E-state index is 8.90. The highest BCUT2D eigenvalue weighted by Crippen LogP contribution is 2.10. The van der Waals surface area contributed by atoms with E-state index in [0.717, 1.165) is 50.8 Å². The Morgan fingerprint density at radius 3 is 2.44 bits per heavy atom. The van der Waals surface area contributed by atoms with Gasteiger partial charge in [0.25, 0.3) is 0 Å². The van der Waals surface area contributed by atoms with Gasteiger partial charge in [0.2, 0.25) is 5.95 Å². The molecule has 1 aliphatic rings. The molecule has 0 aliphatic carbocycles. The number of aliphatic hydroxyl groups is 1. The number of aromatic nitrogens is 2. The fourth-order valence-electron chi connectivity index (χ4n) is 2.12. The molecule has 0 atom stereocenters. The Morgan fingerprint density at radius 1 is 1.22 bits per heavy atom. The summed E-state index contributed by atoms with van der Waals surface area (Å²) in [5, 5.41) is 12.0. The third kappa shape index (κ3) is 3.38. The largest absolute Gasteiger partial charge is 0.395 e. The molecule has 18 heavy (non-hydrogen) atoms. The Balaban J connectivity index is 1.89. The quantitative estimate of drug-likeness (QED) is 0.722. The highest BCUT2D eigenvalue weighted by Gasteiger charge is 2.18. The van der Waals surface area contributed by atoms with Crippen molar-refractivity contribution >= 4 is 5.95 Å². The normalized spacial score (nSPS) is 17.1. The second-order valence-corrected chi connectivity index (χ2v) is 4.47. The molecule has 0 unspecified atom stereocenters. The minimum Gasteiger partial charge on any atom is -0.395 e. The summed E-state index contributed by atoms with van der Waals surface area (Å²) in [5.41, 5.74) is 1.10. The van der Waals surface area contributed by atoms with Gasteiger partial charge in [0.15, 0.2) is 0 Å². The van der Waals surface area contributed by atoms with Crippen LogP contribution in [-0.2, 0) is 6.54 Å². The van der Waals surface area contributed by atoms with Crippen molar-refractivity contribution in [2.75, 3.05) is 51.3 Å². The SMILES string of the molecule is CNCc1cnc(N2CCN(CCO)CC2)nc1. The maximum Gasteiger partial charge on any atom is 0.225 e. The van der Waals surface area contributed by atoms with E-state index in [1.807, 2.05) is 19.4 Å². The molecule has 1 aromatic heterocycles. The number of aliphatic hydroxyl groups excluding tert-OH is 1. The van der Waals surface area contributed by atoms with Crippen LogP contribution >= 0.6 is 0 Å². The van der Waals surface area contributed by atoms with Crippen molar-refractivity contribution in [1.82, 2.24) is 20.2 Å². The maximum atomic E-state index is 8.90. The Morgan fingerprint density at radius 2 is 1.89 bits per heavy atom. The lowest BCUT2D eigenvalue weighted by Crippen LogP contribution is -2.47. The number of anilines is 1. The van der Waals surface area contributed by atoms with Crippen LogP contribution in [0.25, 0.3) is 0 Å². The Labute approximate surface area is 108 Å². The first-order valence-corrected chi connectivity index (χ1v) is 6.37. The van der Waals surface area contributed by atoms with Crippen molar-refractivity contribution in [2.24, 2.45) is 0 Å². The lowest BCUT2D eigenvalue weighted by atomic mass is 10.3. The average molecular weight is 251 g/mol. The molecule has 1 saturated heterocycles. The van der Waals surface area contributed by atoms with E-state index in [1.165, 1.54) is 0 Å². The fraction of sp³-hybridized carbons (Fsp3) is 0.667. The van der Waals surface area contributed by atoms with Gasteiger partial charge in [-0.1, -0.05) is 0 Å². The van der Waals surface area contributed by atoms with Crippen LogP contribution in [0.2, 0.25) is 0 Å². The summed E-state index contributed by atoms with van der Waals surface area (Å²) in [4.78, 5) is 13.2. The van der Waals surface area contributed by atoms with Crippen LogP contribution in [-0.4, -0.2) is 66.4 Å². The van der Waals surface area contributed by atoms with E-state index in [2.05, 4.69) is 25.1 Å². The van der Waals surface area contributed by atoms with Crippen molar-refractivity contribution < 1.29 is 5.11 Å². The second-order valence-electron chi connectivity index (χ2n) is 4.47.